The van der Waals surface area contributed by atoms with E-state index in [0.29, 0.717) is 48.0 Å². The Morgan fingerprint density at radius 3 is 2.36 bits per heavy atom. The maximum Gasteiger partial charge on any atom is 0.341 e. The van der Waals surface area contributed by atoms with Gasteiger partial charge in [0.25, 0.3) is 0 Å². The molecule has 0 amide bonds. The Bertz CT molecular complexity index is 1770. The van der Waals surface area contributed by atoms with Gasteiger partial charge in [-0.1, -0.05) is 80.6 Å². The summed E-state index contributed by atoms with van der Waals surface area (Å²) >= 11 is 1.62. The number of aromatic amines is 1. The van der Waals surface area contributed by atoms with Crippen LogP contribution in [-0.2, 0) is 23.3 Å². The molecule has 244 valence electrons. The number of phenolic OH excluding ortho intramolecular Hbond substituents is 1. The molecular weight excluding hydrogens is 612 g/mol. The number of aryl methyl sites for hydroxylation is 1. The van der Waals surface area contributed by atoms with E-state index in [1.165, 1.54) is 12.7 Å². The number of methoxy groups -OCH3 is 1. The minimum atomic E-state index is -0.455. The molecule has 0 radical (unpaired) electrons. The van der Waals surface area contributed by atoms with Crippen LogP contribution in [0.4, 0.5) is 0 Å². The summed E-state index contributed by atoms with van der Waals surface area (Å²) in [6, 6.07) is 26.6. The highest BCUT2D eigenvalue weighted by atomic mass is 32.2. The van der Waals surface area contributed by atoms with E-state index in [2.05, 4.69) is 35.9 Å². The highest BCUT2D eigenvalue weighted by Crippen LogP contribution is 2.37. The summed E-state index contributed by atoms with van der Waals surface area (Å²) in [5, 5.41) is 11.7. The van der Waals surface area contributed by atoms with Gasteiger partial charge in [-0.05, 0) is 54.3 Å². The van der Waals surface area contributed by atoms with Crippen LogP contribution < -0.4 is 14.2 Å². The second-order valence-electron chi connectivity index (χ2n) is 10.8. The Morgan fingerprint density at radius 1 is 0.872 bits per heavy atom. The van der Waals surface area contributed by atoms with Gasteiger partial charge in [0.2, 0.25) is 0 Å². The molecule has 0 bridgehead atoms. The number of aromatic hydroxyl groups is 1. The van der Waals surface area contributed by atoms with Gasteiger partial charge >= 0.3 is 5.97 Å². The fraction of sp³-hybridized carbons (Fsp3) is 0.263. The molecule has 0 fully saturated rings. The predicted octanol–water partition coefficient (Wildman–Crippen LogP) is 9.02. The number of ether oxygens (including phenoxy) is 4. The van der Waals surface area contributed by atoms with Crippen molar-refractivity contribution >= 4 is 17.7 Å². The predicted molar refractivity (Wildman–Crippen MR) is 185 cm³/mol. The molecule has 0 unspecified atom stereocenters. The number of imidazole rings is 1. The lowest BCUT2D eigenvalue weighted by Gasteiger charge is -2.17. The van der Waals surface area contributed by atoms with E-state index in [-0.39, 0.29) is 5.75 Å². The van der Waals surface area contributed by atoms with Crippen molar-refractivity contribution in [2.45, 2.75) is 50.4 Å². The number of nitrogens with zero attached hydrogens (tertiary/aromatic N) is 1. The van der Waals surface area contributed by atoms with Gasteiger partial charge in [0.15, 0.2) is 5.16 Å². The highest BCUT2D eigenvalue weighted by Gasteiger charge is 2.17. The molecule has 0 spiro atoms. The molecule has 0 saturated carbocycles. The summed E-state index contributed by atoms with van der Waals surface area (Å²) in [7, 11) is 1.35. The number of thioether (sulfide) groups is 1. The van der Waals surface area contributed by atoms with Gasteiger partial charge in [-0.25, -0.2) is 9.78 Å². The Balaban J connectivity index is 1.19. The average Bonchev–Trinajstić information content (AvgIpc) is 3.57. The molecule has 5 rings (SSSR count). The number of carbonyl (C=O) groups is 1. The van der Waals surface area contributed by atoms with Crippen molar-refractivity contribution < 1.29 is 28.8 Å². The SMILES string of the molecule is CCCc1c(OCCCOc2cc(O)c(-c3cnc(SCc4ccccc4)[nH]3)cc2CC)cccc1Oc1ccccc1C(=O)OC. The summed E-state index contributed by atoms with van der Waals surface area (Å²) < 4.78 is 23.5. The molecule has 47 heavy (non-hydrogen) atoms. The van der Waals surface area contributed by atoms with Crippen LogP contribution in [0.3, 0.4) is 0 Å². The van der Waals surface area contributed by atoms with Crippen LogP contribution in [0.15, 0.2) is 96.3 Å². The van der Waals surface area contributed by atoms with Crippen LogP contribution in [0.5, 0.6) is 28.7 Å². The lowest BCUT2D eigenvalue weighted by molar-refractivity contribution is 0.0598. The van der Waals surface area contributed by atoms with Gasteiger partial charge in [-0.15, -0.1) is 0 Å². The third-order valence-corrected chi connectivity index (χ3v) is 8.49. The summed E-state index contributed by atoms with van der Waals surface area (Å²) in [5.74, 6) is 2.93. The van der Waals surface area contributed by atoms with E-state index >= 15 is 0 Å². The van der Waals surface area contributed by atoms with Gasteiger partial charge in [0, 0.05) is 29.4 Å². The Labute approximate surface area is 280 Å². The molecular formula is C38H40N2O6S. The smallest absolute Gasteiger partial charge is 0.341 e. The molecule has 2 N–H and O–H groups in total. The van der Waals surface area contributed by atoms with Gasteiger partial charge in [0.1, 0.15) is 34.3 Å². The Kier molecular flexibility index (Phi) is 11.8. The number of carbonyl (C=O) groups excluding carboxylic acids is 1. The van der Waals surface area contributed by atoms with E-state index in [1.807, 2.05) is 48.5 Å². The minimum absolute atomic E-state index is 0.131. The molecule has 8 nitrogen and oxygen atoms in total. The minimum Gasteiger partial charge on any atom is -0.507 e. The number of nitrogens with one attached hydrogen (secondary N) is 1. The highest BCUT2D eigenvalue weighted by molar-refractivity contribution is 7.98. The summed E-state index contributed by atoms with van der Waals surface area (Å²) in [6.07, 6.45) is 4.77. The van der Waals surface area contributed by atoms with Crippen molar-refractivity contribution in [3.63, 3.8) is 0 Å². The first-order valence-electron chi connectivity index (χ1n) is 15.8. The molecule has 9 heteroatoms. The van der Waals surface area contributed by atoms with E-state index in [1.54, 1.807) is 42.2 Å². The lowest BCUT2D eigenvalue weighted by atomic mass is 10.0. The number of rotatable bonds is 16. The lowest BCUT2D eigenvalue weighted by Crippen LogP contribution is -2.08. The molecule has 0 aliphatic heterocycles. The first-order valence-corrected chi connectivity index (χ1v) is 16.8. The molecule has 0 saturated heterocycles. The summed E-state index contributed by atoms with van der Waals surface area (Å²) in [4.78, 5) is 20.1. The zero-order valence-electron chi connectivity index (χ0n) is 27.0. The normalized spacial score (nSPS) is 10.9. The maximum absolute atomic E-state index is 12.3. The van der Waals surface area contributed by atoms with Crippen LogP contribution in [-0.4, -0.2) is 41.4 Å². The van der Waals surface area contributed by atoms with Crippen molar-refractivity contribution in [1.29, 1.82) is 0 Å². The maximum atomic E-state index is 12.3. The van der Waals surface area contributed by atoms with Crippen LogP contribution in [0.1, 0.15) is 53.7 Å². The van der Waals surface area contributed by atoms with Crippen LogP contribution in [0, 0.1) is 0 Å². The van der Waals surface area contributed by atoms with E-state index < -0.39 is 5.97 Å². The number of H-pyrrole nitrogens is 1. The van der Waals surface area contributed by atoms with Crippen molar-refractivity contribution in [3.05, 3.63) is 113 Å². The number of hydrogen-bond acceptors (Lipinski definition) is 8. The molecule has 0 atom stereocenters. The number of aromatic nitrogens is 2. The third kappa shape index (κ3) is 8.68. The topological polar surface area (TPSA) is 103 Å². The van der Waals surface area contributed by atoms with Crippen molar-refractivity contribution in [2.75, 3.05) is 20.3 Å². The molecule has 5 aromatic rings. The number of esters is 1. The molecule has 0 aliphatic rings. The second-order valence-corrected chi connectivity index (χ2v) is 11.8. The van der Waals surface area contributed by atoms with Crippen molar-refractivity contribution in [2.24, 2.45) is 0 Å². The number of phenols is 1. The zero-order valence-corrected chi connectivity index (χ0v) is 27.8. The number of para-hydroxylation sites is 1. The quantitative estimate of drug-likeness (QED) is 0.0619. The fourth-order valence-electron chi connectivity index (χ4n) is 5.13. The van der Waals surface area contributed by atoms with E-state index in [4.69, 9.17) is 18.9 Å². The standard InChI is InChI=1S/C38H40N2O6S/c1-4-13-28-33(18-11-19-34(28)46-35-17-10-9-16-29(35)37(42)43-3)44-20-12-21-45-36-23-32(41)30(22-27(36)5-2)31-24-39-38(40-31)47-25-26-14-7-6-8-15-26/h6-11,14-19,22-24,41H,4-5,12-13,20-21,25H2,1-3H3,(H,39,40). The Morgan fingerprint density at radius 2 is 1.60 bits per heavy atom. The third-order valence-electron chi connectivity index (χ3n) is 7.53. The van der Waals surface area contributed by atoms with E-state index in [0.717, 1.165) is 52.7 Å². The van der Waals surface area contributed by atoms with Crippen LogP contribution in [0.25, 0.3) is 11.3 Å². The summed E-state index contributed by atoms with van der Waals surface area (Å²) in [5.41, 5.74) is 4.96. The molecule has 0 aliphatic carbocycles. The monoisotopic (exact) mass is 652 g/mol. The van der Waals surface area contributed by atoms with Crippen LogP contribution >= 0.6 is 11.8 Å². The average molecular weight is 653 g/mol. The van der Waals surface area contributed by atoms with Crippen LogP contribution in [0.2, 0.25) is 0 Å². The molecule has 4 aromatic carbocycles. The van der Waals surface area contributed by atoms with Gasteiger partial charge in [-0.2, -0.15) is 0 Å². The molecule has 1 aromatic heterocycles. The van der Waals surface area contributed by atoms with Gasteiger partial charge < -0.3 is 29.0 Å². The van der Waals surface area contributed by atoms with Gasteiger partial charge in [-0.3, -0.25) is 0 Å². The number of hydrogen-bond donors (Lipinski definition) is 2. The summed E-state index contributed by atoms with van der Waals surface area (Å²) in [6.45, 7) is 5.01. The Hall–Kier alpha value is -4.89. The second kappa shape index (κ2) is 16.6. The first kappa shape index (κ1) is 33.5. The van der Waals surface area contributed by atoms with Crippen molar-refractivity contribution in [3.8, 4) is 40.0 Å². The van der Waals surface area contributed by atoms with Gasteiger partial charge in [0.05, 0.1) is 32.2 Å². The number of benzene rings is 4. The van der Waals surface area contributed by atoms with Crippen molar-refractivity contribution in [1.82, 2.24) is 9.97 Å². The molecule has 1 heterocycles. The zero-order chi connectivity index (χ0) is 33.0. The van der Waals surface area contributed by atoms with E-state index in [9.17, 15) is 9.90 Å². The fourth-order valence-corrected chi connectivity index (χ4v) is 5.93. The first-order chi connectivity index (χ1) is 23.0. The largest absolute Gasteiger partial charge is 0.507 e.